The molecule has 0 aliphatic carbocycles. The van der Waals surface area contributed by atoms with Crippen LogP contribution in [0.4, 0.5) is 0 Å². The van der Waals surface area contributed by atoms with E-state index in [9.17, 15) is 19.4 Å². The summed E-state index contributed by atoms with van der Waals surface area (Å²) < 4.78 is 27.3. The number of rotatable bonds is 22. The maximum absolute atomic E-state index is 11.9. The van der Waals surface area contributed by atoms with Gasteiger partial charge in [-0.05, 0) is 32.1 Å². The molecule has 0 aromatic carbocycles. The summed E-state index contributed by atoms with van der Waals surface area (Å²) in [5, 5.41) is 9.36. The Balaban J connectivity index is 3.94. The quantitative estimate of drug-likeness (QED) is 0.0657. The van der Waals surface area contributed by atoms with E-state index in [2.05, 4.69) is 31.2 Å². The highest BCUT2D eigenvalue weighted by Crippen LogP contribution is 2.43. The molecule has 0 fully saturated rings. The van der Waals surface area contributed by atoms with E-state index in [1.165, 1.54) is 32.1 Å². The van der Waals surface area contributed by atoms with E-state index in [-0.39, 0.29) is 13.0 Å². The number of carbonyl (C=O) groups excluding carboxylic acids is 1. The molecular weight excluding hydrogens is 469 g/mol. The summed E-state index contributed by atoms with van der Waals surface area (Å²) in [6, 6.07) is 0. The molecule has 0 aromatic heterocycles. The number of hydrogen-bond donors (Lipinski definition) is 2. The van der Waals surface area contributed by atoms with E-state index in [4.69, 9.17) is 13.8 Å². The summed E-state index contributed by atoms with van der Waals surface area (Å²) in [7, 11) is 1.50. The standard InChI is InChI=1S/C26H48NO7P/c1-5-6-7-8-9-10-11-12-13-14-15-16-17-18-19-20-26(29)34-25(23-28)24-33-35(30,31)32-22-21-27(2,3)4/h11-12,14-15,17-18,25,28H,5-10,13,16,19-24H2,1-4H3/p+1/b12-11-,15-14-,18-17-. The maximum atomic E-state index is 11.9. The molecule has 2 N–H and O–H groups in total. The van der Waals surface area contributed by atoms with E-state index in [0.29, 0.717) is 17.4 Å². The number of carbonyl (C=O) groups is 1. The number of phosphoric acid groups is 1. The van der Waals surface area contributed by atoms with Crippen LogP contribution in [0.3, 0.4) is 0 Å². The highest BCUT2D eigenvalue weighted by Gasteiger charge is 2.25. The number of unbranched alkanes of at least 4 members (excludes halogenated alkanes) is 5. The van der Waals surface area contributed by atoms with E-state index in [1.807, 2.05) is 33.3 Å². The van der Waals surface area contributed by atoms with Gasteiger partial charge in [-0.1, -0.05) is 69.1 Å². The molecule has 9 heteroatoms. The Morgan fingerprint density at radius 1 is 0.914 bits per heavy atom. The van der Waals surface area contributed by atoms with Gasteiger partial charge in [0.05, 0.1) is 34.4 Å². The Kier molecular flexibility index (Phi) is 20.1. The lowest BCUT2D eigenvalue weighted by molar-refractivity contribution is -0.870. The Morgan fingerprint density at radius 2 is 1.51 bits per heavy atom. The van der Waals surface area contributed by atoms with Crippen molar-refractivity contribution in [2.75, 3.05) is 47.5 Å². The van der Waals surface area contributed by atoms with Gasteiger partial charge in [-0.3, -0.25) is 13.8 Å². The van der Waals surface area contributed by atoms with Crippen LogP contribution in [0.15, 0.2) is 36.5 Å². The smallest absolute Gasteiger partial charge is 0.457 e. The van der Waals surface area contributed by atoms with E-state index in [1.54, 1.807) is 0 Å². The third-order valence-corrected chi connectivity index (χ3v) is 5.96. The molecule has 2 atom stereocenters. The van der Waals surface area contributed by atoms with Crippen molar-refractivity contribution in [3.8, 4) is 0 Å². The van der Waals surface area contributed by atoms with Gasteiger partial charge in [0.15, 0.2) is 0 Å². The maximum Gasteiger partial charge on any atom is 0.472 e. The molecule has 204 valence electrons. The van der Waals surface area contributed by atoms with E-state index in [0.717, 1.165) is 19.3 Å². The highest BCUT2D eigenvalue weighted by molar-refractivity contribution is 7.47. The third-order valence-electron chi connectivity index (χ3n) is 4.98. The van der Waals surface area contributed by atoms with Gasteiger partial charge in [0, 0.05) is 6.42 Å². The molecule has 0 heterocycles. The summed E-state index contributed by atoms with van der Waals surface area (Å²) in [4.78, 5) is 21.6. The molecule has 0 spiro atoms. The van der Waals surface area contributed by atoms with Crippen molar-refractivity contribution in [1.82, 2.24) is 0 Å². The van der Waals surface area contributed by atoms with E-state index >= 15 is 0 Å². The monoisotopic (exact) mass is 518 g/mol. The highest BCUT2D eigenvalue weighted by atomic mass is 31.2. The van der Waals surface area contributed by atoms with Crippen LogP contribution in [-0.2, 0) is 23.1 Å². The first-order valence-electron chi connectivity index (χ1n) is 12.8. The lowest BCUT2D eigenvalue weighted by atomic mass is 10.1. The van der Waals surface area contributed by atoms with Crippen LogP contribution in [0.1, 0.15) is 71.1 Å². The molecule has 0 aliphatic rings. The molecule has 0 saturated carbocycles. The van der Waals surface area contributed by atoms with Crippen molar-refractivity contribution in [3.05, 3.63) is 36.5 Å². The second-order valence-electron chi connectivity index (χ2n) is 9.53. The Labute approximate surface area is 212 Å². The average molecular weight is 519 g/mol. The lowest BCUT2D eigenvalue weighted by Crippen LogP contribution is -2.37. The van der Waals surface area contributed by atoms with Crippen molar-refractivity contribution in [2.24, 2.45) is 0 Å². The number of likely N-dealkylation sites (N-methyl/N-ethyl adjacent to an activating group) is 1. The first-order chi connectivity index (χ1) is 16.6. The first kappa shape index (κ1) is 33.7. The van der Waals surface area contributed by atoms with Crippen LogP contribution in [0, 0.1) is 0 Å². The predicted molar refractivity (Wildman–Crippen MR) is 141 cm³/mol. The molecule has 2 unspecified atom stereocenters. The van der Waals surface area contributed by atoms with Crippen molar-refractivity contribution in [1.29, 1.82) is 0 Å². The number of esters is 1. The number of hydrogen-bond acceptors (Lipinski definition) is 6. The summed E-state index contributed by atoms with van der Waals surface area (Å²) in [5.41, 5.74) is 0. The van der Waals surface area contributed by atoms with Crippen LogP contribution in [0.2, 0.25) is 0 Å². The normalized spacial score (nSPS) is 15.3. The Morgan fingerprint density at radius 3 is 2.11 bits per heavy atom. The number of allylic oxidation sites excluding steroid dienone is 6. The van der Waals surface area contributed by atoms with Gasteiger partial charge in [0.25, 0.3) is 0 Å². The van der Waals surface area contributed by atoms with Crippen LogP contribution in [-0.4, -0.2) is 74.1 Å². The number of phosphoric ester groups is 1. The second kappa shape index (κ2) is 20.9. The number of nitrogens with zero attached hydrogens (tertiary/aromatic N) is 1. The van der Waals surface area contributed by atoms with Crippen molar-refractivity contribution in [3.63, 3.8) is 0 Å². The number of aliphatic hydroxyl groups excluding tert-OH is 1. The predicted octanol–water partition coefficient (Wildman–Crippen LogP) is 5.32. The fourth-order valence-electron chi connectivity index (χ4n) is 2.86. The molecule has 35 heavy (non-hydrogen) atoms. The third kappa shape index (κ3) is 24.2. The molecule has 0 bridgehead atoms. The molecule has 0 rings (SSSR count). The van der Waals surface area contributed by atoms with Gasteiger partial charge in [-0.25, -0.2) is 4.57 Å². The second-order valence-corrected chi connectivity index (χ2v) is 11.0. The molecule has 0 aromatic rings. The topological polar surface area (TPSA) is 102 Å². The zero-order chi connectivity index (χ0) is 26.4. The average Bonchev–Trinajstić information content (AvgIpc) is 2.78. The van der Waals surface area contributed by atoms with Crippen molar-refractivity contribution >= 4 is 13.8 Å². The van der Waals surface area contributed by atoms with Crippen LogP contribution >= 0.6 is 7.82 Å². The minimum atomic E-state index is -4.28. The summed E-state index contributed by atoms with van der Waals surface area (Å²) in [5.74, 6) is -0.508. The van der Waals surface area contributed by atoms with Crippen molar-refractivity contribution < 1.29 is 37.6 Å². The minimum absolute atomic E-state index is 0.0400. The van der Waals surface area contributed by atoms with E-state index < -0.39 is 33.1 Å². The number of aliphatic hydroxyl groups is 1. The number of quaternary nitrogens is 1. The Hall–Kier alpha value is -1.28. The first-order valence-corrected chi connectivity index (χ1v) is 14.3. The SMILES string of the molecule is CCCCCCC/C=C\C/C=C\C/C=C\CCC(=O)OC(CO)COP(=O)(O)OCC[N+](C)(C)C. The largest absolute Gasteiger partial charge is 0.472 e. The summed E-state index contributed by atoms with van der Waals surface area (Å²) >= 11 is 0. The van der Waals surface area contributed by atoms with Gasteiger partial charge < -0.3 is 19.2 Å². The molecule has 0 amide bonds. The molecule has 0 saturated heterocycles. The molecule has 0 radical (unpaired) electrons. The van der Waals surface area contributed by atoms with Gasteiger partial charge >= 0.3 is 13.8 Å². The van der Waals surface area contributed by atoms with Gasteiger partial charge in [0.1, 0.15) is 19.3 Å². The fraction of sp³-hybridized carbons (Fsp3) is 0.731. The summed E-state index contributed by atoms with van der Waals surface area (Å²) in [6.45, 7) is 1.85. The van der Waals surface area contributed by atoms with Gasteiger partial charge in [0.2, 0.25) is 0 Å². The Bertz CT molecular complexity index is 671. The zero-order valence-electron chi connectivity index (χ0n) is 22.3. The zero-order valence-corrected chi connectivity index (χ0v) is 23.2. The van der Waals surface area contributed by atoms with Crippen LogP contribution in [0.5, 0.6) is 0 Å². The molecule has 0 aliphatic heterocycles. The fourth-order valence-corrected chi connectivity index (χ4v) is 3.60. The van der Waals surface area contributed by atoms with Gasteiger partial charge in [-0.15, -0.1) is 0 Å². The van der Waals surface area contributed by atoms with Gasteiger partial charge in [-0.2, -0.15) is 0 Å². The van der Waals surface area contributed by atoms with Crippen LogP contribution < -0.4 is 0 Å². The molecular formula is C26H49NO7P+. The summed E-state index contributed by atoms with van der Waals surface area (Å²) in [6.07, 6.45) is 21.6. The van der Waals surface area contributed by atoms with Crippen LogP contribution in [0.25, 0.3) is 0 Å². The lowest BCUT2D eigenvalue weighted by Gasteiger charge is -2.24. The van der Waals surface area contributed by atoms with Crippen molar-refractivity contribution in [2.45, 2.75) is 77.2 Å². The minimum Gasteiger partial charge on any atom is -0.457 e. The number of ether oxygens (including phenoxy) is 1. The molecule has 8 nitrogen and oxygen atoms in total.